The lowest BCUT2D eigenvalue weighted by atomic mass is 9.85. The van der Waals surface area contributed by atoms with Gasteiger partial charge in [0.15, 0.2) is 0 Å². The number of nitrogens with one attached hydrogen (secondary N) is 1. The molecular weight excluding hydrogens is 269 g/mol. The van der Waals surface area contributed by atoms with Gasteiger partial charge in [-0.05, 0) is 30.9 Å². The molecule has 2 nitrogen and oxygen atoms in total. The smallest absolute Gasteiger partial charge is 0.0474 e. The van der Waals surface area contributed by atoms with Crippen LogP contribution in [-0.2, 0) is 6.54 Å². The van der Waals surface area contributed by atoms with Gasteiger partial charge >= 0.3 is 0 Å². The van der Waals surface area contributed by atoms with Gasteiger partial charge in [-0.15, -0.1) is 0 Å². The molecule has 2 unspecified atom stereocenters. The molecule has 0 bridgehead atoms. The number of hydrogen-bond donors (Lipinski definition) is 2. The van der Waals surface area contributed by atoms with Gasteiger partial charge in [-0.3, -0.25) is 0 Å². The van der Waals surface area contributed by atoms with Crippen molar-refractivity contribution in [1.82, 2.24) is 5.32 Å². The third-order valence-electron chi connectivity index (χ3n) is 3.75. The predicted molar refractivity (Wildman–Crippen MR) is 76.1 cm³/mol. The summed E-state index contributed by atoms with van der Waals surface area (Å²) in [5, 5.41) is 14.3. The molecule has 100 valence electrons. The third-order valence-corrected chi connectivity index (χ3v) is 4.45. The third kappa shape index (κ3) is 3.39. The molecule has 1 saturated carbocycles. The van der Waals surface area contributed by atoms with Gasteiger partial charge in [0, 0.05) is 34.8 Å². The molecule has 0 amide bonds. The summed E-state index contributed by atoms with van der Waals surface area (Å²) in [5.41, 5.74) is 0.947. The number of halogens is 2. The first-order valence-electron chi connectivity index (χ1n) is 6.49. The van der Waals surface area contributed by atoms with Crippen LogP contribution >= 0.6 is 23.2 Å². The zero-order chi connectivity index (χ0) is 13.0. The summed E-state index contributed by atoms with van der Waals surface area (Å²) in [6.07, 6.45) is 4.67. The van der Waals surface area contributed by atoms with Crippen molar-refractivity contribution in [2.75, 3.05) is 6.61 Å². The zero-order valence-electron chi connectivity index (χ0n) is 10.3. The van der Waals surface area contributed by atoms with Crippen LogP contribution in [0.1, 0.15) is 31.2 Å². The molecular formula is C14H19Cl2NO. The van der Waals surface area contributed by atoms with Crippen molar-refractivity contribution >= 4 is 23.2 Å². The molecule has 2 rings (SSSR count). The molecule has 0 spiro atoms. The first-order chi connectivity index (χ1) is 8.72. The molecule has 18 heavy (non-hydrogen) atoms. The highest BCUT2D eigenvalue weighted by atomic mass is 35.5. The average molecular weight is 288 g/mol. The van der Waals surface area contributed by atoms with Crippen molar-refractivity contribution in [2.45, 2.75) is 38.3 Å². The van der Waals surface area contributed by atoms with E-state index in [1.807, 2.05) is 18.2 Å². The Labute approximate surface area is 118 Å². The van der Waals surface area contributed by atoms with Crippen LogP contribution in [0.15, 0.2) is 18.2 Å². The molecule has 0 heterocycles. The van der Waals surface area contributed by atoms with Crippen LogP contribution in [0.25, 0.3) is 0 Å². The second-order valence-corrected chi connectivity index (χ2v) is 5.73. The lowest BCUT2D eigenvalue weighted by molar-refractivity contribution is 0.152. The van der Waals surface area contributed by atoms with Crippen LogP contribution < -0.4 is 5.32 Å². The molecule has 1 aromatic rings. The molecule has 1 aliphatic rings. The molecule has 1 fully saturated rings. The highest BCUT2D eigenvalue weighted by Gasteiger charge is 2.24. The van der Waals surface area contributed by atoms with E-state index in [1.165, 1.54) is 12.8 Å². The van der Waals surface area contributed by atoms with E-state index in [9.17, 15) is 5.11 Å². The second-order valence-electron chi connectivity index (χ2n) is 4.91. The van der Waals surface area contributed by atoms with Gasteiger partial charge in [-0.25, -0.2) is 0 Å². The summed E-state index contributed by atoms with van der Waals surface area (Å²) < 4.78 is 0. The maximum Gasteiger partial charge on any atom is 0.0474 e. The summed E-state index contributed by atoms with van der Waals surface area (Å²) in [7, 11) is 0. The van der Waals surface area contributed by atoms with Crippen LogP contribution in [0.5, 0.6) is 0 Å². The van der Waals surface area contributed by atoms with E-state index in [-0.39, 0.29) is 6.61 Å². The van der Waals surface area contributed by atoms with Gasteiger partial charge in [0.05, 0.1) is 0 Å². The quantitative estimate of drug-likeness (QED) is 0.886. The summed E-state index contributed by atoms with van der Waals surface area (Å²) >= 11 is 12.3. The van der Waals surface area contributed by atoms with E-state index in [2.05, 4.69) is 5.32 Å². The second kappa shape index (κ2) is 6.76. The molecule has 0 aromatic heterocycles. The van der Waals surface area contributed by atoms with Crippen LogP contribution in [0.3, 0.4) is 0 Å². The molecule has 4 heteroatoms. The molecule has 2 atom stereocenters. The maximum atomic E-state index is 9.38. The van der Waals surface area contributed by atoms with E-state index in [0.29, 0.717) is 28.5 Å². The first-order valence-corrected chi connectivity index (χ1v) is 7.25. The Morgan fingerprint density at radius 3 is 2.50 bits per heavy atom. The fourth-order valence-corrected chi connectivity index (χ4v) is 3.16. The average Bonchev–Trinajstić information content (AvgIpc) is 2.38. The monoisotopic (exact) mass is 287 g/mol. The van der Waals surface area contributed by atoms with Crippen molar-refractivity contribution in [3.05, 3.63) is 33.8 Å². The topological polar surface area (TPSA) is 32.3 Å². The van der Waals surface area contributed by atoms with Gasteiger partial charge in [0.25, 0.3) is 0 Å². The van der Waals surface area contributed by atoms with Crippen LogP contribution in [-0.4, -0.2) is 17.8 Å². The Balaban J connectivity index is 1.98. The number of aliphatic hydroxyl groups is 1. The predicted octanol–water partition coefficient (Wildman–Crippen LogP) is 3.63. The van der Waals surface area contributed by atoms with E-state index in [4.69, 9.17) is 23.2 Å². The van der Waals surface area contributed by atoms with Crippen molar-refractivity contribution in [1.29, 1.82) is 0 Å². The van der Waals surface area contributed by atoms with Gasteiger partial charge < -0.3 is 10.4 Å². The van der Waals surface area contributed by atoms with Gasteiger partial charge in [0.1, 0.15) is 0 Å². The van der Waals surface area contributed by atoms with Gasteiger partial charge in [-0.1, -0.05) is 42.1 Å². The minimum atomic E-state index is 0.258. The summed E-state index contributed by atoms with van der Waals surface area (Å²) in [4.78, 5) is 0. The largest absolute Gasteiger partial charge is 0.396 e. The first kappa shape index (κ1) is 14.1. The van der Waals surface area contributed by atoms with E-state index in [1.54, 1.807) is 0 Å². The number of aliphatic hydroxyl groups excluding tert-OH is 1. The maximum absolute atomic E-state index is 9.38. The highest BCUT2D eigenvalue weighted by molar-refractivity contribution is 6.35. The highest BCUT2D eigenvalue weighted by Crippen LogP contribution is 2.27. The number of hydrogen-bond acceptors (Lipinski definition) is 2. The SMILES string of the molecule is OCC1CCCCC1NCc1c(Cl)cccc1Cl. The normalized spacial score (nSPS) is 24.2. The minimum absolute atomic E-state index is 0.258. The number of rotatable bonds is 4. The zero-order valence-corrected chi connectivity index (χ0v) is 11.8. The lowest BCUT2D eigenvalue weighted by Crippen LogP contribution is -2.39. The Hall–Kier alpha value is -0.280. The van der Waals surface area contributed by atoms with E-state index >= 15 is 0 Å². The Morgan fingerprint density at radius 2 is 1.83 bits per heavy atom. The standard InChI is InChI=1S/C14H19Cl2NO/c15-12-5-3-6-13(16)11(12)8-17-14-7-2-1-4-10(14)9-18/h3,5-6,10,14,17-18H,1-2,4,7-9H2. The fourth-order valence-electron chi connectivity index (χ4n) is 2.63. The molecule has 0 aliphatic heterocycles. The lowest BCUT2D eigenvalue weighted by Gasteiger charge is -2.31. The molecule has 1 aromatic carbocycles. The van der Waals surface area contributed by atoms with Crippen molar-refractivity contribution in [3.63, 3.8) is 0 Å². The molecule has 2 N–H and O–H groups in total. The molecule has 0 saturated heterocycles. The van der Waals surface area contributed by atoms with Crippen molar-refractivity contribution in [3.8, 4) is 0 Å². The Kier molecular flexibility index (Phi) is 5.31. The van der Waals surface area contributed by atoms with E-state index in [0.717, 1.165) is 18.4 Å². The Bertz CT molecular complexity index is 377. The van der Waals surface area contributed by atoms with Crippen molar-refractivity contribution < 1.29 is 5.11 Å². The van der Waals surface area contributed by atoms with Crippen molar-refractivity contribution in [2.24, 2.45) is 5.92 Å². The van der Waals surface area contributed by atoms with Crippen LogP contribution in [0.4, 0.5) is 0 Å². The molecule has 1 aliphatic carbocycles. The van der Waals surface area contributed by atoms with Crippen LogP contribution in [0.2, 0.25) is 10.0 Å². The fraction of sp³-hybridized carbons (Fsp3) is 0.571. The minimum Gasteiger partial charge on any atom is -0.396 e. The van der Waals surface area contributed by atoms with Gasteiger partial charge in [-0.2, -0.15) is 0 Å². The summed E-state index contributed by atoms with van der Waals surface area (Å²) in [6, 6.07) is 5.94. The molecule has 0 radical (unpaired) electrons. The van der Waals surface area contributed by atoms with Crippen LogP contribution in [0, 0.1) is 5.92 Å². The van der Waals surface area contributed by atoms with Gasteiger partial charge in [0.2, 0.25) is 0 Å². The number of benzene rings is 1. The Morgan fingerprint density at radius 1 is 1.17 bits per heavy atom. The summed E-state index contributed by atoms with van der Waals surface area (Å²) in [5.74, 6) is 0.361. The summed E-state index contributed by atoms with van der Waals surface area (Å²) in [6.45, 7) is 0.924. The van der Waals surface area contributed by atoms with E-state index < -0.39 is 0 Å².